The van der Waals surface area contributed by atoms with Crippen molar-refractivity contribution in [2.24, 2.45) is 34.3 Å². The molecule has 30 heavy (non-hydrogen) atoms. The highest BCUT2D eigenvalue weighted by Crippen LogP contribution is 2.62. The molecule has 10 heteroatoms. The molecular formula is C20H32ClNO8. The largest absolute Gasteiger partial charge is 0.428 e. The topological polar surface area (TPSA) is 131 Å². The number of hydrogen-bond acceptors (Lipinski definition) is 9. The second-order valence-electron chi connectivity index (χ2n) is 9.79. The highest BCUT2D eigenvalue weighted by Gasteiger charge is 2.70. The van der Waals surface area contributed by atoms with Crippen molar-refractivity contribution in [1.29, 1.82) is 0 Å². The Morgan fingerprint density at radius 1 is 0.867 bits per heavy atom. The number of hydrogen-bond donors (Lipinski definition) is 1. The minimum absolute atomic E-state index is 0. The molecule has 2 rings (SSSR count). The molecule has 0 bridgehead atoms. The fraction of sp³-hybridized carbons (Fsp3) is 0.800. The molecule has 0 aliphatic heterocycles. The van der Waals surface area contributed by atoms with Crippen LogP contribution >= 0.6 is 12.4 Å². The third kappa shape index (κ3) is 5.63. The first kappa shape index (κ1) is 26.2. The maximum atomic E-state index is 12.5. The first-order valence-corrected chi connectivity index (χ1v) is 9.67. The molecule has 0 amide bonds. The molecule has 0 saturated heterocycles. The second kappa shape index (κ2) is 9.09. The van der Waals surface area contributed by atoms with Gasteiger partial charge in [0.25, 0.3) is 0 Å². The molecular weight excluding hydrogens is 418 g/mol. The molecule has 4 atom stereocenters. The Morgan fingerprint density at radius 2 is 1.33 bits per heavy atom. The van der Waals surface area contributed by atoms with E-state index in [2.05, 4.69) is 0 Å². The first-order chi connectivity index (χ1) is 13.2. The summed E-state index contributed by atoms with van der Waals surface area (Å²) in [7, 11) is 0. The summed E-state index contributed by atoms with van der Waals surface area (Å²) < 4.78 is 19.9. The van der Waals surface area contributed by atoms with Crippen LogP contribution in [0.1, 0.15) is 54.4 Å². The van der Waals surface area contributed by atoms with Crippen LogP contribution in [-0.4, -0.2) is 43.0 Å². The molecule has 2 aliphatic carbocycles. The molecule has 0 unspecified atom stereocenters. The molecule has 0 aromatic rings. The zero-order chi connectivity index (χ0) is 22.2. The molecule has 2 aliphatic rings. The number of rotatable bonds is 6. The number of ether oxygens (including phenoxy) is 4. The Kier molecular flexibility index (Phi) is 7.93. The average Bonchev–Trinajstić information content (AvgIpc) is 3.23. The van der Waals surface area contributed by atoms with Gasteiger partial charge >= 0.3 is 23.9 Å². The van der Waals surface area contributed by atoms with Crippen LogP contribution in [-0.2, 0) is 38.1 Å². The van der Waals surface area contributed by atoms with Crippen molar-refractivity contribution >= 4 is 36.3 Å². The van der Waals surface area contributed by atoms with Crippen LogP contribution in [0.5, 0.6) is 0 Å². The van der Waals surface area contributed by atoms with Crippen molar-refractivity contribution in [3.63, 3.8) is 0 Å². The highest BCUT2D eigenvalue weighted by atomic mass is 35.5. The van der Waals surface area contributed by atoms with Gasteiger partial charge in [-0.15, -0.1) is 12.4 Å². The Morgan fingerprint density at radius 3 is 1.80 bits per heavy atom. The summed E-state index contributed by atoms with van der Waals surface area (Å²) >= 11 is 0. The van der Waals surface area contributed by atoms with Crippen molar-refractivity contribution in [3.05, 3.63) is 0 Å². The summed E-state index contributed by atoms with van der Waals surface area (Å²) in [6, 6.07) is 0. The van der Waals surface area contributed by atoms with Crippen LogP contribution in [0.15, 0.2) is 0 Å². The van der Waals surface area contributed by atoms with E-state index in [4.69, 9.17) is 24.7 Å². The van der Waals surface area contributed by atoms with E-state index in [1.165, 1.54) is 0 Å². The molecule has 172 valence electrons. The van der Waals surface area contributed by atoms with Crippen LogP contribution in [0, 0.1) is 28.6 Å². The van der Waals surface area contributed by atoms with Gasteiger partial charge < -0.3 is 24.7 Å². The maximum Gasteiger partial charge on any atom is 0.329 e. The van der Waals surface area contributed by atoms with Crippen LogP contribution < -0.4 is 5.73 Å². The van der Waals surface area contributed by atoms with E-state index < -0.39 is 65.7 Å². The SMILES string of the molecule is CC(C)(C)C(=O)OCOC(=O)[C@H]1[C@@H]2CC[C@@](N)(C(=O)OCOC(=O)C(C)(C)C)[C@@H]21.Cl. The summed E-state index contributed by atoms with van der Waals surface area (Å²) in [6.07, 6.45) is 0.955. The monoisotopic (exact) mass is 449 g/mol. The third-order valence-electron chi connectivity index (χ3n) is 5.30. The van der Waals surface area contributed by atoms with E-state index in [9.17, 15) is 19.2 Å². The molecule has 2 fully saturated rings. The maximum absolute atomic E-state index is 12.5. The number of nitrogens with two attached hydrogens (primary N) is 1. The van der Waals surface area contributed by atoms with Gasteiger partial charge in [0.15, 0.2) is 0 Å². The van der Waals surface area contributed by atoms with Gasteiger partial charge in [0, 0.05) is 5.92 Å². The molecule has 9 nitrogen and oxygen atoms in total. The van der Waals surface area contributed by atoms with Crippen LogP contribution in [0.25, 0.3) is 0 Å². The van der Waals surface area contributed by atoms with Crippen LogP contribution in [0.4, 0.5) is 0 Å². The third-order valence-corrected chi connectivity index (χ3v) is 5.30. The summed E-state index contributed by atoms with van der Waals surface area (Å²) in [6.45, 7) is 9.12. The molecule has 0 aromatic heterocycles. The fourth-order valence-electron chi connectivity index (χ4n) is 3.51. The summed E-state index contributed by atoms with van der Waals surface area (Å²) in [5, 5.41) is 0. The Balaban J connectivity index is 0.00000450. The van der Waals surface area contributed by atoms with Crippen molar-refractivity contribution < 1.29 is 38.1 Å². The Hall–Kier alpha value is -1.87. The minimum Gasteiger partial charge on any atom is -0.428 e. The van der Waals surface area contributed by atoms with Gasteiger partial charge in [0.2, 0.25) is 13.6 Å². The second-order valence-corrected chi connectivity index (χ2v) is 9.79. The molecule has 0 heterocycles. The zero-order valence-electron chi connectivity index (χ0n) is 18.3. The average molecular weight is 450 g/mol. The lowest BCUT2D eigenvalue weighted by Gasteiger charge is -2.25. The minimum atomic E-state index is -1.33. The number of carbonyl (C=O) groups excluding carboxylic acids is 4. The van der Waals surface area contributed by atoms with Gasteiger partial charge in [-0.2, -0.15) is 0 Å². The summed E-state index contributed by atoms with van der Waals surface area (Å²) in [4.78, 5) is 48.2. The van der Waals surface area contributed by atoms with Gasteiger partial charge in [-0.1, -0.05) is 0 Å². The molecule has 0 spiro atoms. The van der Waals surface area contributed by atoms with Crippen LogP contribution in [0.3, 0.4) is 0 Å². The molecule has 2 saturated carbocycles. The van der Waals surface area contributed by atoms with E-state index in [1.807, 2.05) is 0 Å². The highest BCUT2D eigenvalue weighted by molar-refractivity contribution is 5.87. The van der Waals surface area contributed by atoms with Gasteiger partial charge in [0.1, 0.15) is 5.54 Å². The van der Waals surface area contributed by atoms with Crippen molar-refractivity contribution in [2.45, 2.75) is 59.9 Å². The van der Waals surface area contributed by atoms with Gasteiger partial charge in [-0.05, 0) is 60.3 Å². The Bertz CT molecular complexity index is 696. The van der Waals surface area contributed by atoms with Gasteiger partial charge in [-0.3, -0.25) is 14.4 Å². The number of fused-ring (bicyclic) bond motifs is 1. The van der Waals surface area contributed by atoms with E-state index in [0.29, 0.717) is 12.8 Å². The van der Waals surface area contributed by atoms with Crippen molar-refractivity contribution in [2.75, 3.05) is 13.6 Å². The standard InChI is InChI=1S/C20H31NO8.ClH/c1-18(2,3)15(23)27-9-26-14(22)12-11-7-8-20(21,13(11)12)17(25)29-10-28-16(24)19(4,5)6;/h11-13H,7-10,21H2,1-6H3;1H/t11-,12-,13-,20-;/m0./s1. The molecule has 2 N–H and O–H groups in total. The number of carbonyl (C=O) groups is 4. The van der Waals surface area contributed by atoms with E-state index in [1.54, 1.807) is 41.5 Å². The van der Waals surface area contributed by atoms with E-state index in [-0.39, 0.29) is 18.3 Å². The lowest BCUT2D eigenvalue weighted by atomic mass is 9.91. The van der Waals surface area contributed by atoms with Crippen LogP contribution in [0.2, 0.25) is 0 Å². The Labute approximate surface area is 182 Å². The number of halogens is 1. The van der Waals surface area contributed by atoms with E-state index in [0.717, 1.165) is 0 Å². The lowest BCUT2D eigenvalue weighted by Crippen LogP contribution is -2.51. The van der Waals surface area contributed by atoms with Gasteiger partial charge in [0.05, 0.1) is 16.7 Å². The lowest BCUT2D eigenvalue weighted by molar-refractivity contribution is -0.176. The zero-order valence-corrected chi connectivity index (χ0v) is 19.1. The fourth-order valence-corrected chi connectivity index (χ4v) is 3.51. The van der Waals surface area contributed by atoms with E-state index >= 15 is 0 Å². The smallest absolute Gasteiger partial charge is 0.329 e. The molecule has 0 aromatic carbocycles. The summed E-state index contributed by atoms with van der Waals surface area (Å²) in [5.41, 5.74) is 3.50. The quantitative estimate of drug-likeness (QED) is 0.477. The summed E-state index contributed by atoms with van der Waals surface area (Å²) in [5.74, 6) is -3.26. The predicted molar refractivity (Wildman–Crippen MR) is 107 cm³/mol. The van der Waals surface area contributed by atoms with Crippen molar-refractivity contribution in [3.8, 4) is 0 Å². The number of esters is 4. The predicted octanol–water partition coefficient (Wildman–Crippen LogP) is 1.94. The van der Waals surface area contributed by atoms with Gasteiger partial charge in [-0.25, -0.2) is 4.79 Å². The molecule has 0 radical (unpaired) electrons. The normalized spacial score (nSPS) is 27.2. The van der Waals surface area contributed by atoms with Crippen molar-refractivity contribution in [1.82, 2.24) is 0 Å². The first-order valence-electron chi connectivity index (χ1n) is 9.67.